The van der Waals surface area contributed by atoms with E-state index in [-0.39, 0.29) is 16.8 Å². The van der Waals surface area contributed by atoms with Gasteiger partial charge >= 0.3 is 0 Å². The molecule has 0 fully saturated rings. The van der Waals surface area contributed by atoms with Gasteiger partial charge in [0.1, 0.15) is 0 Å². The Balaban J connectivity index is 3.34. The monoisotopic (exact) mass is 218 g/mol. The van der Waals surface area contributed by atoms with Crippen molar-refractivity contribution >= 4 is 17.9 Å². The molecule has 2 N–H and O–H groups in total. The Kier molecular flexibility index (Phi) is 3.35. The highest BCUT2D eigenvalue weighted by molar-refractivity contribution is 5.94. The number of benzene rings is 1. The van der Waals surface area contributed by atoms with Gasteiger partial charge < -0.3 is 5.73 Å². The van der Waals surface area contributed by atoms with E-state index in [9.17, 15) is 19.7 Å². The minimum atomic E-state index is -0.794. The quantitative estimate of drug-likeness (QED) is 0.332. The summed E-state index contributed by atoms with van der Waals surface area (Å²) in [6, 6.07) is 3.49. The average Bonchev–Trinajstić information content (AvgIpc) is 2.25. The molecule has 1 rings (SSSR count). The van der Waals surface area contributed by atoms with Crippen LogP contribution in [-0.2, 0) is 4.79 Å². The van der Waals surface area contributed by atoms with Gasteiger partial charge in [-0.2, -0.15) is 0 Å². The van der Waals surface area contributed by atoms with E-state index in [1.807, 2.05) is 0 Å². The highest BCUT2D eigenvalue weighted by Crippen LogP contribution is 2.16. The number of aldehydes is 1. The molecule has 0 saturated carbocycles. The molecule has 0 bridgehead atoms. The lowest BCUT2D eigenvalue weighted by Crippen LogP contribution is -2.11. The van der Waals surface area contributed by atoms with E-state index < -0.39 is 10.8 Å². The smallest absolute Gasteiger partial charge is 0.271 e. The molecule has 0 saturated heterocycles. The highest BCUT2D eigenvalue weighted by atomic mass is 16.6. The van der Waals surface area contributed by atoms with Crippen LogP contribution < -0.4 is 5.73 Å². The van der Waals surface area contributed by atoms with E-state index in [2.05, 4.69) is 11.8 Å². The van der Waals surface area contributed by atoms with Gasteiger partial charge in [-0.1, -0.05) is 5.92 Å². The lowest BCUT2D eigenvalue weighted by Gasteiger charge is -1.97. The standard InChI is InChI=1S/C10H6N2O4/c11-10(14)8-4-7(2-1-3-13)5-9(6-8)12(15)16/h3-6H,(H2,11,14). The molecule has 6 heteroatoms. The molecule has 1 amide bonds. The third-order valence-corrected chi connectivity index (χ3v) is 1.69. The van der Waals surface area contributed by atoms with Crippen molar-refractivity contribution in [3.8, 4) is 11.8 Å². The lowest BCUT2D eigenvalue weighted by atomic mass is 10.1. The summed E-state index contributed by atoms with van der Waals surface area (Å²) in [4.78, 5) is 30.8. The van der Waals surface area contributed by atoms with Crippen molar-refractivity contribution in [3.05, 3.63) is 39.4 Å². The second kappa shape index (κ2) is 4.70. The summed E-state index contributed by atoms with van der Waals surface area (Å²) in [5.41, 5.74) is 4.87. The Morgan fingerprint density at radius 2 is 2.12 bits per heavy atom. The second-order valence-corrected chi connectivity index (χ2v) is 2.78. The van der Waals surface area contributed by atoms with E-state index in [0.29, 0.717) is 6.29 Å². The molecule has 0 radical (unpaired) electrons. The number of carbonyl (C=O) groups excluding carboxylic acids is 2. The Morgan fingerprint density at radius 3 is 2.62 bits per heavy atom. The number of hydrogen-bond donors (Lipinski definition) is 1. The van der Waals surface area contributed by atoms with Crippen LogP contribution in [0.1, 0.15) is 15.9 Å². The number of nitrogens with two attached hydrogens (primary N) is 1. The zero-order chi connectivity index (χ0) is 12.1. The third kappa shape index (κ3) is 2.65. The molecule has 6 nitrogen and oxygen atoms in total. The van der Waals surface area contributed by atoms with E-state index in [1.165, 1.54) is 6.07 Å². The molecule has 0 aromatic heterocycles. The zero-order valence-corrected chi connectivity index (χ0v) is 7.97. The molecular formula is C10H6N2O4. The average molecular weight is 218 g/mol. The van der Waals surface area contributed by atoms with E-state index in [0.717, 1.165) is 12.1 Å². The SMILES string of the molecule is NC(=O)c1cc(C#CC=O)cc([N+](=O)[O-])c1. The molecule has 0 heterocycles. The topological polar surface area (TPSA) is 103 Å². The normalized spacial score (nSPS) is 8.75. The fourth-order valence-electron chi connectivity index (χ4n) is 1.04. The minimum absolute atomic E-state index is 0.0237. The summed E-state index contributed by atoms with van der Waals surface area (Å²) < 4.78 is 0. The Hall–Kier alpha value is -2.68. The second-order valence-electron chi connectivity index (χ2n) is 2.78. The van der Waals surface area contributed by atoms with E-state index in [1.54, 1.807) is 0 Å². The predicted octanol–water partition coefficient (Wildman–Crippen LogP) is 0.244. The van der Waals surface area contributed by atoms with Gasteiger partial charge in [-0.05, 0) is 12.0 Å². The van der Waals surface area contributed by atoms with Crippen LogP contribution in [0.2, 0.25) is 0 Å². The Labute approximate surface area is 90.2 Å². The van der Waals surface area contributed by atoms with E-state index >= 15 is 0 Å². The maximum absolute atomic E-state index is 10.9. The largest absolute Gasteiger partial charge is 0.366 e. The molecule has 0 unspecified atom stereocenters. The van der Waals surface area contributed by atoms with Gasteiger partial charge in [0.05, 0.1) is 4.92 Å². The molecule has 0 aliphatic rings. The van der Waals surface area contributed by atoms with Crippen LogP contribution in [0.5, 0.6) is 0 Å². The van der Waals surface area contributed by atoms with Crippen molar-refractivity contribution in [1.82, 2.24) is 0 Å². The van der Waals surface area contributed by atoms with Crippen molar-refractivity contribution in [1.29, 1.82) is 0 Å². The molecular weight excluding hydrogens is 212 g/mol. The summed E-state index contributed by atoms with van der Waals surface area (Å²) in [6.07, 6.45) is 0.350. The first kappa shape index (κ1) is 11.4. The van der Waals surface area contributed by atoms with Gasteiger partial charge in [-0.3, -0.25) is 19.7 Å². The predicted molar refractivity (Wildman–Crippen MR) is 54.6 cm³/mol. The molecule has 80 valence electrons. The Bertz CT molecular complexity index is 493. The van der Waals surface area contributed by atoms with Crippen molar-refractivity contribution < 1.29 is 14.5 Å². The molecule has 0 aliphatic heterocycles. The highest BCUT2D eigenvalue weighted by Gasteiger charge is 2.11. The minimum Gasteiger partial charge on any atom is -0.366 e. The van der Waals surface area contributed by atoms with Crippen LogP contribution in [-0.4, -0.2) is 17.1 Å². The first-order chi connectivity index (χ1) is 7.54. The number of carbonyl (C=O) groups is 2. The number of nitrogens with zero attached hydrogens (tertiary/aromatic N) is 1. The van der Waals surface area contributed by atoms with Crippen molar-refractivity contribution in [3.63, 3.8) is 0 Å². The third-order valence-electron chi connectivity index (χ3n) is 1.69. The zero-order valence-electron chi connectivity index (χ0n) is 7.97. The van der Waals surface area contributed by atoms with Crippen LogP contribution in [0.4, 0.5) is 5.69 Å². The van der Waals surface area contributed by atoms with Gasteiger partial charge in [0.15, 0.2) is 6.29 Å². The van der Waals surface area contributed by atoms with Gasteiger partial charge in [-0.25, -0.2) is 0 Å². The molecule has 16 heavy (non-hydrogen) atoms. The summed E-state index contributed by atoms with van der Waals surface area (Å²) >= 11 is 0. The van der Waals surface area contributed by atoms with Crippen LogP contribution in [0.15, 0.2) is 18.2 Å². The van der Waals surface area contributed by atoms with Crippen molar-refractivity contribution in [2.75, 3.05) is 0 Å². The number of rotatable bonds is 2. The van der Waals surface area contributed by atoms with Gasteiger partial charge in [0.25, 0.3) is 5.69 Å². The van der Waals surface area contributed by atoms with Crippen LogP contribution in [0.25, 0.3) is 0 Å². The number of primary amides is 1. The Morgan fingerprint density at radius 1 is 1.44 bits per heavy atom. The summed E-state index contributed by atoms with van der Waals surface area (Å²) in [5, 5.41) is 10.5. The molecule has 0 aliphatic carbocycles. The molecule has 1 aromatic carbocycles. The maximum atomic E-state index is 10.9. The van der Waals surface area contributed by atoms with Gasteiger partial charge in [0, 0.05) is 23.3 Å². The van der Waals surface area contributed by atoms with Crippen LogP contribution in [0.3, 0.4) is 0 Å². The summed E-state index contributed by atoms with van der Waals surface area (Å²) in [5.74, 6) is 3.65. The fraction of sp³-hybridized carbons (Fsp3) is 0. The number of hydrogen-bond acceptors (Lipinski definition) is 4. The first-order valence-electron chi connectivity index (χ1n) is 4.09. The molecule has 0 spiro atoms. The lowest BCUT2D eigenvalue weighted by molar-refractivity contribution is -0.384. The molecule has 1 aromatic rings. The van der Waals surface area contributed by atoms with E-state index in [4.69, 9.17) is 5.73 Å². The number of amides is 1. The van der Waals surface area contributed by atoms with Crippen molar-refractivity contribution in [2.24, 2.45) is 5.73 Å². The van der Waals surface area contributed by atoms with Crippen molar-refractivity contribution in [2.45, 2.75) is 0 Å². The van der Waals surface area contributed by atoms with Crippen LogP contribution in [0, 0.1) is 22.0 Å². The fourth-order valence-corrected chi connectivity index (χ4v) is 1.04. The maximum Gasteiger partial charge on any atom is 0.271 e. The van der Waals surface area contributed by atoms with Crippen LogP contribution >= 0.6 is 0 Å². The summed E-state index contributed by atoms with van der Waals surface area (Å²) in [7, 11) is 0. The summed E-state index contributed by atoms with van der Waals surface area (Å²) in [6.45, 7) is 0. The molecule has 0 atom stereocenters. The number of nitro groups is 1. The van der Waals surface area contributed by atoms with Gasteiger partial charge in [-0.15, -0.1) is 0 Å². The van der Waals surface area contributed by atoms with Gasteiger partial charge in [0.2, 0.25) is 5.91 Å². The first-order valence-corrected chi connectivity index (χ1v) is 4.09. The number of nitro benzene ring substituents is 1. The number of non-ortho nitro benzene ring substituents is 1.